The fourth-order valence-electron chi connectivity index (χ4n) is 3.30. The number of nitrogens with two attached hydrogens (primary N) is 1. The van der Waals surface area contributed by atoms with E-state index >= 15 is 0 Å². The predicted molar refractivity (Wildman–Crippen MR) is 104 cm³/mol. The fourth-order valence-corrected chi connectivity index (χ4v) is 4.10. The Labute approximate surface area is 181 Å². The number of ether oxygens (including phenoxy) is 4. The predicted octanol–water partition coefficient (Wildman–Crippen LogP) is -0.864. The van der Waals surface area contributed by atoms with Gasteiger partial charge >= 0.3 is 17.9 Å². The Morgan fingerprint density at radius 2 is 1.72 bits per heavy atom. The lowest BCUT2D eigenvalue weighted by molar-refractivity contribution is -0.166. The summed E-state index contributed by atoms with van der Waals surface area (Å²) in [7, 11) is -3.97. The fraction of sp³-hybridized carbons (Fsp3) is 0.529. The summed E-state index contributed by atoms with van der Waals surface area (Å²) in [6.45, 7) is 3.05. The highest BCUT2D eigenvalue weighted by Gasteiger charge is 2.52. The molecule has 0 aromatic carbocycles. The maximum atomic E-state index is 12.5. The number of nitrogens with zero attached hydrogens (tertiary/aromatic N) is 4. The van der Waals surface area contributed by atoms with Gasteiger partial charge in [0.1, 0.15) is 19.0 Å². The molecule has 1 aliphatic heterocycles. The van der Waals surface area contributed by atoms with E-state index in [0.29, 0.717) is 0 Å². The van der Waals surface area contributed by atoms with Crippen LogP contribution >= 0.6 is 0 Å². The molecule has 15 heteroatoms. The molecule has 2 aromatic heterocycles. The molecule has 174 valence electrons. The van der Waals surface area contributed by atoms with Gasteiger partial charge in [-0.2, -0.15) is 0 Å². The quantitative estimate of drug-likeness (QED) is 0.404. The molecule has 0 bridgehead atoms. The summed E-state index contributed by atoms with van der Waals surface area (Å²) in [5.74, 6) is -2.20. The highest BCUT2D eigenvalue weighted by Crippen LogP contribution is 2.38. The van der Waals surface area contributed by atoms with Crippen molar-refractivity contribution in [2.45, 2.75) is 50.5 Å². The first-order valence-corrected chi connectivity index (χ1v) is 11.1. The number of carbonyl (C=O) groups is 3. The van der Waals surface area contributed by atoms with Gasteiger partial charge < -0.3 is 24.7 Å². The number of hydrogen-bond acceptors (Lipinski definition) is 13. The average Bonchev–Trinajstić information content (AvgIpc) is 3.19. The van der Waals surface area contributed by atoms with Crippen LogP contribution in [0, 0.1) is 0 Å². The van der Waals surface area contributed by atoms with Crippen molar-refractivity contribution >= 4 is 44.7 Å². The Hall–Kier alpha value is -3.33. The molecule has 4 atom stereocenters. The van der Waals surface area contributed by atoms with Crippen molar-refractivity contribution < 1.29 is 41.7 Å². The largest absolute Gasteiger partial charge is 0.463 e. The van der Waals surface area contributed by atoms with Crippen molar-refractivity contribution in [1.29, 1.82) is 0 Å². The van der Waals surface area contributed by atoms with Gasteiger partial charge in [-0.1, -0.05) is 0 Å². The number of sulfone groups is 1. The Kier molecular flexibility index (Phi) is 6.32. The monoisotopic (exact) mass is 471 g/mol. The highest BCUT2D eigenvalue weighted by molar-refractivity contribution is 7.90. The van der Waals surface area contributed by atoms with E-state index in [1.165, 1.54) is 6.92 Å². The van der Waals surface area contributed by atoms with Crippen LogP contribution in [0.1, 0.15) is 27.0 Å². The van der Waals surface area contributed by atoms with Crippen LogP contribution in [0.5, 0.6) is 0 Å². The van der Waals surface area contributed by atoms with Gasteiger partial charge in [0, 0.05) is 27.0 Å². The zero-order valence-electron chi connectivity index (χ0n) is 17.5. The van der Waals surface area contributed by atoms with Gasteiger partial charge in [-0.15, -0.1) is 0 Å². The molecule has 14 nitrogen and oxygen atoms in total. The molecule has 2 N–H and O–H groups in total. The SMILES string of the molecule is CC(=O)OC[C@@H]1O[C@H](n2c(S(C)(=O)=O)nc3c(N)ncnc32)[C@@H](OC(C)=O)[C@H]1OC(C)=O. The molecule has 0 amide bonds. The Balaban J connectivity index is 2.20. The van der Waals surface area contributed by atoms with E-state index in [2.05, 4.69) is 15.0 Å². The minimum absolute atomic E-state index is 0.0187. The molecule has 1 aliphatic rings. The number of imidazole rings is 1. The molecule has 0 spiro atoms. The van der Waals surface area contributed by atoms with Gasteiger partial charge in [0.25, 0.3) is 0 Å². The summed E-state index contributed by atoms with van der Waals surface area (Å²) in [6, 6.07) is 0. The van der Waals surface area contributed by atoms with Gasteiger partial charge in [-0.05, 0) is 0 Å². The lowest BCUT2D eigenvalue weighted by Crippen LogP contribution is -2.40. The van der Waals surface area contributed by atoms with Crippen molar-refractivity contribution in [3.05, 3.63) is 6.33 Å². The molecule has 0 unspecified atom stereocenters. The number of anilines is 1. The third-order valence-corrected chi connectivity index (χ3v) is 5.35. The van der Waals surface area contributed by atoms with Crippen LogP contribution in [0.15, 0.2) is 11.5 Å². The van der Waals surface area contributed by atoms with Crippen molar-refractivity contribution in [1.82, 2.24) is 19.5 Å². The number of esters is 3. The molecular formula is C17H21N5O9S. The summed E-state index contributed by atoms with van der Waals surface area (Å²) in [5, 5.41) is -0.489. The number of fused-ring (bicyclic) bond motifs is 1. The standard InChI is InChI=1S/C17H21N5O9S/c1-7(23)28-5-10-12(29-8(2)24)13(30-9(3)25)16(31-10)22-15-11(14(18)19-6-20-15)21-17(22)32(4,26)27/h6,10,12-13,16H,5H2,1-4H3,(H2,18,19,20)/t10-,12-,13-,16-/m0/s1. The summed E-state index contributed by atoms with van der Waals surface area (Å²) in [6.07, 6.45) is -3.02. The van der Waals surface area contributed by atoms with E-state index in [9.17, 15) is 22.8 Å². The second kappa shape index (κ2) is 8.66. The molecule has 0 radical (unpaired) electrons. The minimum Gasteiger partial charge on any atom is -0.463 e. The summed E-state index contributed by atoms with van der Waals surface area (Å²) in [5.41, 5.74) is 5.78. The maximum absolute atomic E-state index is 12.5. The zero-order valence-corrected chi connectivity index (χ0v) is 18.4. The van der Waals surface area contributed by atoms with E-state index in [0.717, 1.165) is 31.0 Å². The second-order valence-electron chi connectivity index (χ2n) is 6.98. The Bertz CT molecular complexity index is 1180. The van der Waals surface area contributed by atoms with Crippen LogP contribution in [0.3, 0.4) is 0 Å². The van der Waals surface area contributed by atoms with Crippen LogP contribution < -0.4 is 5.73 Å². The van der Waals surface area contributed by atoms with Crippen molar-refractivity contribution in [2.24, 2.45) is 0 Å². The molecular weight excluding hydrogens is 450 g/mol. The molecule has 0 saturated carbocycles. The van der Waals surface area contributed by atoms with Gasteiger partial charge in [-0.3, -0.25) is 19.0 Å². The van der Waals surface area contributed by atoms with Crippen LogP contribution in [0.25, 0.3) is 11.2 Å². The molecule has 1 fully saturated rings. The van der Waals surface area contributed by atoms with Gasteiger partial charge in [0.15, 0.2) is 35.4 Å². The number of carbonyl (C=O) groups excluding carboxylic acids is 3. The van der Waals surface area contributed by atoms with E-state index in [4.69, 9.17) is 24.7 Å². The first-order chi connectivity index (χ1) is 14.9. The Morgan fingerprint density at radius 1 is 1.09 bits per heavy atom. The van der Waals surface area contributed by atoms with Crippen molar-refractivity contribution in [3.8, 4) is 0 Å². The smallest absolute Gasteiger partial charge is 0.303 e. The van der Waals surface area contributed by atoms with E-state index in [1.54, 1.807) is 0 Å². The molecule has 2 aromatic rings. The molecule has 32 heavy (non-hydrogen) atoms. The number of rotatable bonds is 6. The van der Waals surface area contributed by atoms with Crippen LogP contribution in [-0.4, -0.2) is 77.0 Å². The average molecular weight is 471 g/mol. The zero-order chi connectivity index (χ0) is 23.8. The van der Waals surface area contributed by atoms with Crippen LogP contribution in [0.2, 0.25) is 0 Å². The molecule has 0 aliphatic carbocycles. The van der Waals surface area contributed by atoms with Gasteiger partial charge in [0.05, 0.1) is 0 Å². The van der Waals surface area contributed by atoms with Gasteiger partial charge in [0.2, 0.25) is 15.0 Å². The van der Waals surface area contributed by atoms with E-state index in [1.807, 2.05) is 0 Å². The second-order valence-corrected chi connectivity index (χ2v) is 8.89. The van der Waals surface area contributed by atoms with E-state index < -0.39 is 57.4 Å². The summed E-state index contributed by atoms with van der Waals surface area (Å²) in [4.78, 5) is 46.7. The summed E-state index contributed by atoms with van der Waals surface area (Å²) >= 11 is 0. The molecule has 3 rings (SSSR count). The number of nitrogen functional groups attached to an aromatic ring is 1. The molecule has 1 saturated heterocycles. The van der Waals surface area contributed by atoms with E-state index in [-0.39, 0.29) is 23.6 Å². The highest BCUT2D eigenvalue weighted by atomic mass is 32.2. The Morgan fingerprint density at radius 3 is 2.28 bits per heavy atom. The third kappa shape index (κ3) is 4.62. The topological polar surface area (TPSA) is 192 Å². The summed E-state index contributed by atoms with van der Waals surface area (Å²) < 4.78 is 47.5. The van der Waals surface area contributed by atoms with Crippen LogP contribution in [0.4, 0.5) is 5.82 Å². The van der Waals surface area contributed by atoms with Crippen LogP contribution in [-0.2, 0) is 43.2 Å². The number of aromatic nitrogens is 4. The van der Waals surface area contributed by atoms with Crippen molar-refractivity contribution in [3.63, 3.8) is 0 Å². The lowest BCUT2D eigenvalue weighted by atomic mass is 10.1. The third-order valence-electron chi connectivity index (χ3n) is 4.40. The first kappa shape index (κ1) is 23.3. The lowest BCUT2D eigenvalue weighted by Gasteiger charge is -2.24. The van der Waals surface area contributed by atoms with Crippen molar-refractivity contribution in [2.75, 3.05) is 18.6 Å². The normalized spacial score (nSPS) is 23.1. The number of hydrogen-bond donors (Lipinski definition) is 1. The first-order valence-electron chi connectivity index (χ1n) is 9.22. The molecule has 3 heterocycles. The maximum Gasteiger partial charge on any atom is 0.303 e. The van der Waals surface area contributed by atoms with Gasteiger partial charge in [-0.25, -0.2) is 23.4 Å². The minimum atomic E-state index is -3.97.